The molecule has 2 N–H and O–H groups in total. The molecule has 148 valence electrons. The van der Waals surface area contributed by atoms with Crippen LogP contribution in [0.25, 0.3) is 10.9 Å². The Hall–Kier alpha value is -3.48. The van der Waals surface area contributed by atoms with Gasteiger partial charge in [0, 0.05) is 18.7 Å². The number of fused-ring (bicyclic) bond motifs is 1. The fourth-order valence-corrected chi connectivity index (χ4v) is 3.78. The minimum Gasteiger partial charge on any atom is -0.384 e. The van der Waals surface area contributed by atoms with Crippen LogP contribution in [0.1, 0.15) is 30.3 Å². The first-order valence-electron chi connectivity index (χ1n) is 9.68. The van der Waals surface area contributed by atoms with Gasteiger partial charge in [-0.05, 0) is 37.5 Å². The van der Waals surface area contributed by atoms with E-state index in [1.165, 1.54) is 10.1 Å². The lowest BCUT2D eigenvalue weighted by Gasteiger charge is -2.24. The van der Waals surface area contributed by atoms with Gasteiger partial charge in [0.05, 0.1) is 10.9 Å². The molecule has 0 spiro atoms. The van der Waals surface area contributed by atoms with Crippen molar-refractivity contribution in [3.05, 3.63) is 70.3 Å². The molecular weight excluding hydrogens is 368 g/mol. The molecule has 7 heteroatoms. The average Bonchev–Trinajstić information content (AvgIpc) is 2.70. The van der Waals surface area contributed by atoms with Crippen molar-refractivity contribution in [2.24, 2.45) is 0 Å². The minimum atomic E-state index is -0.727. The third-order valence-electron chi connectivity index (χ3n) is 5.20. The maximum atomic E-state index is 13.3. The Morgan fingerprint density at radius 2 is 1.90 bits per heavy atom. The molecule has 2 amide bonds. The third-order valence-corrected chi connectivity index (χ3v) is 5.20. The van der Waals surface area contributed by atoms with Gasteiger partial charge in [-0.2, -0.15) is 0 Å². The van der Waals surface area contributed by atoms with Crippen LogP contribution < -0.4 is 16.2 Å². The van der Waals surface area contributed by atoms with E-state index >= 15 is 0 Å². The summed E-state index contributed by atoms with van der Waals surface area (Å²) in [5.41, 5.74) is 2.21. The van der Waals surface area contributed by atoms with Crippen molar-refractivity contribution in [3.8, 4) is 0 Å². The lowest BCUT2D eigenvalue weighted by Crippen LogP contribution is -2.45. The maximum absolute atomic E-state index is 13.3. The highest BCUT2D eigenvalue weighted by molar-refractivity contribution is 5.99. The summed E-state index contributed by atoms with van der Waals surface area (Å²) in [6, 6.07) is 14.9. The van der Waals surface area contributed by atoms with Crippen LogP contribution in [0, 0.1) is 6.92 Å². The Balaban J connectivity index is 1.68. The quantitative estimate of drug-likeness (QED) is 0.653. The number of imide groups is 1. The molecule has 2 aromatic carbocycles. The number of anilines is 1. The standard InChI is InChI=1S/C22H22N4O3/c1-14-24-17-9-5-8-16(23-13-12-15-6-3-2-4-7-15)20(17)22(29)26(14)18-10-11-19(27)25-21(18)28/h2-9,18,23H,10-13H2,1H3,(H,25,27,28). The van der Waals surface area contributed by atoms with Crippen LogP contribution in [0.2, 0.25) is 0 Å². The average molecular weight is 390 g/mol. The number of carbonyl (C=O) groups is 2. The summed E-state index contributed by atoms with van der Waals surface area (Å²) in [5, 5.41) is 6.11. The molecule has 3 aromatic rings. The molecule has 29 heavy (non-hydrogen) atoms. The molecular formula is C22H22N4O3. The van der Waals surface area contributed by atoms with E-state index in [1.807, 2.05) is 30.3 Å². The van der Waals surface area contributed by atoms with E-state index in [0.717, 1.165) is 6.42 Å². The molecule has 1 saturated heterocycles. The predicted molar refractivity (Wildman–Crippen MR) is 111 cm³/mol. The number of aromatic nitrogens is 2. The molecule has 1 aliphatic heterocycles. The number of hydrogen-bond acceptors (Lipinski definition) is 5. The number of nitrogens with zero attached hydrogens (tertiary/aromatic N) is 2. The van der Waals surface area contributed by atoms with Crippen molar-refractivity contribution < 1.29 is 9.59 Å². The SMILES string of the molecule is Cc1nc2cccc(NCCc3ccccc3)c2c(=O)n1C1CCC(=O)NC1=O. The Morgan fingerprint density at radius 3 is 2.66 bits per heavy atom. The second-order valence-corrected chi connectivity index (χ2v) is 7.16. The van der Waals surface area contributed by atoms with Gasteiger partial charge in [-0.15, -0.1) is 0 Å². The number of nitrogens with one attached hydrogen (secondary N) is 2. The second kappa shape index (κ2) is 7.87. The van der Waals surface area contributed by atoms with E-state index in [9.17, 15) is 14.4 Å². The first-order chi connectivity index (χ1) is 14.0. The van der Waals surface area contributed by atoms with Gasteiger partial charge in [-0.3, -0.25) is 24.3 Å². The van der Waals surface area contributed by atoms with Crippen LogP contribution in [0.5, 0.6) is 0 Å². The van der Waals surface area contributed by atoms with Crippen molar-refractivity contribution in [3.63, 3.8) is 0 Å². The molecule has 4 rings (SSSR count). The van der Waals surface area contributed by atoms with Gasteiger partial charge in [0.25, 0.3) is 5.56 Å². The number of carbonyl (C=O) groups excluding carboxylic acids is 2. The van der Waals surface area contributed by atoms with Crippen LogP contribution in [0.4, 0.5) is 5.69 Å². The lowest BCUT2D eigenvalue weighted by atomic mass is 10.1. The zero-order valence-corrected chi connectivity index (χ0v) is 16.1. The van der Waals surface area contributed by atoms with Crippen molar-refractivity contribution in [1.29, 1.82) is 0 Å². The van der Waals surface area contributed by atoms with Gasteiger partial charge >= 0.3 is 0 Å². The largest absolute Gasteiger partial charge is 0.384 e. The van der Waals surface area contributed by atoms with Crippen molar-refractivity contribution in [1.82, 2.24) is 14.9 Å². The summed E-state index contributed by atoms with van der Waals surface area (Å²) < 4.78 is 1.41. The highest BCUT2D eigenvalue weighted by Crippen LogP contribution is 2.23. The summed E-state index contributed by atoms with van der Waals surface area (Å²) >= 11 is 0. The predicted octanol–water partition coefficient (Wildman–Crippen LogP) is 2.34. The molecule has 1 aromatic heterocycles. The molecule has 1 unspecified atom stereocenters. The van der Waals surface area contributed by atoms with Gasteiger partial charge < -0.3 is 5.32 Å². The van der Waals surface area contributed by atoms with E-state index in [4.69, 9.17) is 0 Å². The van der Waals surface area contributed by atoms with Crippen LogP contribution in [-0.4, -0.2) is 27.9 Å². The number of rotatable bonds is 5. The lowest BCUT2D eigenvalue weighted by molar-refractivity contribution is -0.135. The van der Waals surface area contributed by atoms with Gasteiger partial charge in [0.1, 0.15) is 11.9 Å². The van der Waals surface area contributed by atoms with Gasteiger partial charge in [-0.25, -0.2) is 4.98 Å². The fourth-order valence-electron chi connectivity index (χ4n) is 3.78. The molecule has 7 nitrogen and oxygen atoms in total. The minimum absolute atomic E-state index is 0.206. The van der Waals surface area contributed by atoms with Crippen molar-refractivity contribution in [2.75, 3.05) is 11.9 Å². The fraction of sp³-hybridized carbons (Fsp3) is 0.273. The molecule has 2 heterocycles. The zero-order valence-electron chi connectivity index (χ0n) is 16.1. The van der Waals surface area contributed by atoms with Crippen LogP contribution in [0.3, 0.4) is 0 Å². The topological polar surface area (TPSA) is 93.1 Å². The second-order valence-electron chi connectivity index (χ2n) is 7.16. The summed E-state index contributed by atoms with van der Waals surface area (Å²) in [6.07, 6.45) is 1.32. The number of hydrogen-bond donors (Lipinski definition) is 2. The first-order valence-corrected chi connectivity index (χ1v) is 9.68. The normalized spacial score (nSPS) is 16.7. The van der Waals surface area contributed by atoms with Crippen molar-refractivity contribution in [2.45, 2.75) is 32.2 Å². The summed E-state index contributed by atoms with van der Waals surface area (Å²) in [4.78, 5) is 41.7. The maximum Gasteiger partial charge on any atom is 0.264 e. The Labute approximate surface area is 167 Å². The van der Waals surface area contributed by atoms with E-state index in [1.54, 1.807) is 13.0 Å². The molecule has 0 aliphatic carbocycles. The monoisotopic (exact) mass is 390 g/mol. The van der Waals surface area contributed by atoms with Gasteiger partial charge in [-0.1, -0.05) is 36.4 Å². The van der Waals surface area contributed by atoms with E-state index in [0.29, 0.717) is 35.4 Å². The molecule has 0 radical (unpaired) electrons. The number of benzene rings is 2. The Bertz CT molecular complexity index is 1140. The number of amides is 2. The highest BCUT2D eigenvalue weighted by Gasteiger charge is 2.30. The summed E-state index contributed by atoms with van der Waals surface area (Å²) in [7, 11) is 0. The third kappa shape index (κ3) is 3.76. The summed E-state index contributed by atoms with van der Waals surface area (Å²) in [6.45, 7) is 2.37. The van der Waals surface area contributed by atoms with Gasteiger partial charge in [0.15, 0.2) is 0 Å². The molecule has 0 bridgehead atoms. The molecule has 1 atom stereocenters. The van der Waals surface area contributed by atoms with E-state index in [2.05, 4.69) is 27.8 Å². The van der Waals surface area contributed by atoms with Gasteiger partial charge in [0.2, 0.25) is 11.8 Å². The Morgan fingerprint density at radius 1 is 1.10 bits per heavy atom. The first kappa shape index (κ1) is 18.9. The number of aryl methyl sites for hydroxylation is 1. The number of piperidine rings is 1. The van der Waals surface area contributed by atoms with Crippen LogP contribution in [0.15, 0.2) is 53.3 Å². The molecule has 0 saturated carbocycles. The van der Waals surface area contributed by atoms with E-state index < -0.39 is 11.9 Å². The molecule has 1 fully saturated rings. The van der Waals surface area contributed by atoms with Crippen LogP contribution in [-0.2, 0) is 16.0 Å². The zero-order chi connectivity index (χ0) is 20.4. The smallest absolute Gasteiger partial charge is 0.264 e. The Kier molecular flexibility index (Phi) is 5.12. The summed E-state index contributed by atoms with van der Waals surface area (Å²) in [5.74, 6) is -0.311. The van der Waals surface area contributed by atoms with Crippen molar-refractivity contribution >= 4 is 28.4 Å². The van der Waals surface area contributed by atoms with Crippen LogP contribution >= 0.6 is 0 Å². The molecule has 1 aliphatic rings. The van der Waals surface area contributed by atoms with E-state index in [-0.39, 0.29) is 17.9 Å². The highest BCUT2D eigenvalue weighted by atomic mass is 16.2.